The number of nitrogens with two attached hydrogens (primary N) is 1. The summed E-state index contributed by atoms with van der Waals surface area (Å²) in [6.45, 7) is 1.98. The average molecular weight is 233 g/mol. The maximum atomic E-state index is 13.1. The minimum Gasteiger partial charge on any atom is -0.456 e. The first-order valence-corrected chi connectivity index (χ1v) is 5.21. The van der Waals surface area contributed by atoms with Crippen molar-refractivity contribution in [3.63, 3.8) is 0 Å². The molecule has 0 atom stereocenters. The number of ketones is 1. The molecule has 2 rings (SSSR count). The van der Waals surface area contributed by atoms with Crippen LogP contribution in [0.1, 0.15) is 27.4 Å². The molecule has 0 saturated carbocycles. The van der Waals surface area contributed by atoms with Crippen molar-refractivity contribution in [2.45, 2.75) is 13.5 Å². The fourth-order valence-electron chi connectivity index (χ4n) is 1.58. The highest BCUT2D eigenvalue weighted by Gasteiger charge is 2.16. The van der Waals surface area contributed by atoms with Gasteiger partial charge in [-0.2, -0.15) is 0 Å². The molecule has 4 heteroatoms. The van der Waals surface area contributed by atoms with Crippen LogP contribution in [0.25, 0.3) is 0 Å². The lowest BCUT2D eigenvalue weighted by molar-refractivity contribution is 0.101. The van der Waals surface area contributed by atoms with E-state index in [9.17, 15) is 9.18 Å². The minimum atomic E-state index is -0.440. The van der Waals surface area contributed by atoms with Gasteiger partial charge in [-0.15, -0.1) is 0 Å². The maximum absolute atomic E-state index is 13.1. The number of carbonyl (C=O) groups is 1. The predicted octanol–water partition coefficient (Wildman–Crippen LogP) is 2.42. The van der Waals surface area contributed by atoms with Gasteiger partial charge in [0.2, 0.25) is 5.78 Å². The summed E-state index contributed by atoms with van der Waals surface area (Å²) in [6.07, 6.45) is 0. The highest BCUT2D eigenvalue weighted by molar-refractivity contribution is 6.08. The van der Waals surface area contributed by atoms with Crippen molar-refractivity contribution in [3.05, 3.63) is 58.8 Å². The Morgan fingerprint density at radius 2 is 2.12 bits per heavy atom. The Labute approximate surface area is 98.0 Å². The zero-order valence-corrected chi connectivity index (χ0v) is 9.37. The molecule has 17 heavy (non-hydrogen) atoms. The Kier molecular flexibility index (Phi) is 3.06. The van der Waals surface area contributed by atoms with Crippen LogP contribution in [0.3, 0.4) is 0 Å². The second-order valence-corrected chi connectivity index (χ2v) is 3.76. The van der Waals surface area contributed by atoms with Crippen LogP contribution in [0.4, 0.5) is 4.39 Å². The normalized spacial score (nSPS) is 10.5. The number of benzene rings is 1. The summed E-state index contributed by atoms with van der Waals surface area (Å²) in [5.74, 6) is -0.0622. The first-order chi connectivity index (χ1) is 8.11. The van der Waals surface area contributed by atoms with Gasteiger partial charge in [0.15, 0.2) is 5.76 Å². The van der Waals surface area contributed by atoms with Gasteiger partial charge in [0.05, 0.1) is 6.54 Å². The number of aryl methyl sites for hydroxylation is 1. The van der Waals surface area contributed by atoms with Gasteiger partial charge in [0.1, 0.15) is 11.6 Å². The molecule has 1 heterocycles. The van der Waals surface area contributed by atoms with Crippen molar-refractivity contribution in [1.82, 2.24) is 0 Å². The molecule has 0 fully saturated rings. The Hall–Kier alpha value is -1.94. The summed E-state index contributed by atoms with van der Waals surface area (Å²) in [7, 11) is 0. The molecule has 0 aliphatic heterocycles. The fraction of sp³-hybridized carbons (Fsp3) is 0.154. The van der Waals surface area contributed by atoms with Gasteiger partial charge >= 0.3 is 0 Å². The van der Waals surface area contributed by atoms with E-state index in [1.165, 1.54) is 12.1 Å². The summed E-state index contributed by atoms with van der Waals surface area (Å²) in [5, 5.41) is 0. The van der Waals surface area contributed by atoms with Crippen LogP contribution in [0.15, 0.2) is 34.7 Å². The largest absolute Gasteiger partial charge is 0.456 e. The molecule has 0 bridgehead atoms. The van der Waals surface area contributed by atoms with E-state index in [4.69, 9.17) is 10.2 Å². The molecule has 1 aromatic carbocycles. The molecule has 1 aromatic heterocycles. The van der Waals surface area contributed by atoms with Gasteiger partial charge in [-0.05, 0) is 36.8 Å². The van der Waals surface area contributed by atoms with Crippen LogP contribution in [-0.2, 0) is 6.54 Å². The average Bonchev–Trinajstić information content (AvgIpc) is 2.80. The molecule has 0 unspecified atom stereocenters. The zero-order valence-electron chi connectivity index (χ0n) is 9.37. The maximum Gasteiger partial charge on any atom is 0.228 e. The monoisotopic (exact) mass is 233 g/mol. The van der Waals surface area contributed by atoms with Gasteiger partial charge in [0.25, 0.3) is 0 Å². The van der Waals surface area contributed by atoms with Crippen molar-refractivity contribution in [3.8, 4) is 0 Å². The van der Waals surface area contributed by atoms with Gasteiger partial charge in [-0.25, -0.2) is 4.39 Å². The first kappa shape index (κ1) is 11.5. The number of furan rings is 1. The van der Waals surface area contributed by atoms with Crippen molar-refractivity contribution in [1.29, 1.82) is 0 Å². The number of hydrogen-bond donors (Lipinski definition) is 1. The van der Waals surface area contributed by atoms with Crippen LogP contribution in [0.2, 0.25) is 0 Å². The molecule has 88 valence electrons. The summed E-state index contributed by atoms with van der Waals surface area (Å²) in [6, 6.07) is 7.29. The van der Waals surface area contributed by atoms with Gasteiger partial charge in [-0.1, -0.05) is 6.07 Å². The Balaban J connectivity index is 2.39. The second kappa shape index (κ2) is 4.51. The van der Waals surface area contributed by atoms with Gasteiger partial charge in [0, 0.05) is 5.56 Å². The quantitative estimate of drug-likeness (QED) is 0.828. The van der Waals surface area contributed by atoms with Crippen LogP contribution < -0.4 is 5.73 Å². The van der Waals surface area contributed by atoms with E-state index in [-0.39, 0.29) is 18.1 Å². The van der Waals surface area contributed by atoms with Crippen LogP contribution >= 0.6 is 0 Å². The second-order valence-electron chi connectivity index (χ2n) is 3.76. The SMILES string of the molecule is Cc1ccc(F)cc1C(=O)c1ccc(CN)o1. The number of hydrogen-bond acceptors (Lipinski definition) is 3. The molecule has 0 amide bonds. The summed E-state index contributed by atoms with van der Waals surface area (Å²) in [4.78, 5) is 12.0. The third kappa shape index (κ3) is 2.26. The van der Waals surface area contributed by atoms with Crippen LogP contribution in [0.5, 0.6) is 0 Å². The van der Waals surface area contributed by atoms with Gasteiger partial charge < -0.3 is 10.2 Å². The molecule has 2 N–H and O–H groups in total. The summed E-state index contributed by atoms with van der Waals surface area (Å²) < 4.78 is 18.3. The fourth-order valence-corrected chi connectivity index (χ4v) is 1.58. The van der Waals surface area contributed by atoms with E-state index in [1.54, 1.807) is 25.1 Å². The minimum absolute atomic E-state index is 0.180. The van der Waals surface area contributed by atoms with E-state index in [0.717, 1.165) is 0 Å². The molecular weight excluding hydrogens is 221 g/mol. The van der Waals surface area contributed by atoms with Crippen molar-refractivity contribution < 1.29 is 13.6 Å². The molecule has 2 aromatic rings. The number of halogens is 1. The number of rotatable bonds is 3. The van der Waals surface area contributed by atoms with E-state index >= 15 is 0 Å². The predicted molar refractivity (Wildman–Crippen MR) is 61.2 cm³/mol. The summed E-state index contributed by atoms with van der Waals surface area (Å²) in [5.41, 5.74) is 6.41. The first-order valence-electron chi connectivity index (χ1n) is 5.21. The lowest BCUT2D eigenvalue weighted by Gasteiger charge is -2.02. The van der Waals surface area contributed by atoms with Gasteiger partial charge in [-0.3, -0.25) is 4.79 Å². The highest BCUT2D eigenvalue weighted by atomic mass is 19.1. The molecule has 0 aliphatic carbocycles. The van der Waals surface area contributed by atoms with E-state index in [1.807, 2.05) is 0 Å². The van der Waals surface area contributed by atoms with E-state index < -0.39 is 5.82 Å². The molecule has 0 saturated heterocycles. The van der Waals surface area contributed by atoms with Crippen molar-refractivity contribution in [2.24, 2.45) is 5.73 Å². The van der Waals surface area contributed by atoms with E-state index in [0.29, 0.717) is 16.9 Å². The molecule has 0 radical (unpaired) electrons. The number of carbonyl (C=O) groups excluding carboxylic acids is 1. The Morgan fingerprint density at radius 3 is 2.76 bits per heavy atom. The smallest absolute Gasteiger partial charge is 0.228 e. The third-order valence-electron chi connectivity index (χ3n) is 2.53. The van der Waals surface area contributed by atoms with Crippen LogP contribution in [-0.4, -0.2) is 5.78 Å². The Morgan fingerprint density at radius 1 is 1.35 bits per heavy atom. The molecule has 3 nitrogen and oxygen atoms in total. The van der Waals surface area contributed by atoms with Crippen LogP contribution in [0, 0.1) is 12.7 Å². The Bertz CT molecular complexity index is 560. The highest BCUT2D eigenvalue weighted by Crippen LogP contribution is 2.17. The lowest BCUT2D eigenvalue weighted by Crippen LogP contribution is -2.03. The van der Waals surface area contributed by atoms with Crippen molar-refractivity contribution >= 4 is 5.78 Å². The lowest BCUT2D eigenvalue weighted by atomic mass is 10.0. The molecular formula is C13H12FNO2. The summed E-state index contributed by atoms with van der Waals surface area (Å²) >= 11 is 0. The topological polar surface area (TPSA) is 56.2 Å². The zero-order chi connectivity index (χ0) is 12.4. The van der Waals surface area contributed by atoms with Crippen molar-refractivity contribution in [2.75, 3.05) is 0 Å². The van der Waals surface area contributed by atoms with E-state index in [2.05, 4.69) is 0 Å². The molecule has 0 spiro atoms. The standard InChI is InChI=1S/C13H12FNO2/c1-8-2-3-9(14)6-11(8)13(16)12-5-4-10(7-15)17-12/h2-6H,7,15H2,1H3. The third-order valence-corrected chi connectivity index (χ3v) is 2.53. The molecule has 0 aliphatic rings.